The predicted molar refractivity (Wildman–Crippen MR) is 116 cm³/mol. The summed E-state index contributed by atoms with van der Waals surface area (Å²) in [6, 6.07) is 10.7. The average Bonchev–Trinajstić information content (AvgIpc) is 3.15. The Hall–Kier alpha value is -2.02. The molecule has 3 heterocycles. The van der Waals surface area contributed by atoms with Gasteiger partial charge in [-0.3, -0.25) is 0 Å². The van der Waals surface area contributed by atoms with Crippen molar-refractivity contribution in [2.45, 2.75) is 21.5 Å². The van der Waals surface area contributed by atoms with Gasteiger partial charge in [0.2, 0.25) is 10.0 Å². The van der Waals surface area contributed by atoms with Gasteiger partial charge in [0.15, 0.2) is 19.7 Å². The van der Waals surface area contributed by atoms with Crippen molar-refractivity contribution in [3.8, 4) is 0 Å². The van der Waals surface area contributed by atoms with Gasteiger partial charge in [-0.15, -0.1) is 0 Å². The number of sulfone groups is 2. The van der Waals surface area contributed by atoms with E-state index in [1.54, 1.807) is 6.20 Å². The van der Waals surface area contributed by atoms with Gasteiger partial charge in [-0.25, -0.2) is 30.2 Å². The van der Waals surface area contributed by atoms with Gasteiger partial charge in [0.25, 0.3) is 0 Å². The van der Waals surface area contributed by atoms with Gasteiger partial charge in [-0.05, 0) is 36.8 Å². The molecule has 2 aliphatic rings. The van der Waals surface area contributed by atoms with Crippen LogP contribution in [0.3, 0.4) is 0 Å². The number of hydrogen-bond donors (Lipinski definition) is 0. The van der Waals surface area contributed by atoms with Crippen LogP contribution in [0.15, 0.2) is 58.5 Å². The number of aromatic nitrogens is 1. The predicted octanol–water partition coefficient (Wildman–Crippen LogP) is 0.553. The van der Waals surface area contributed by atoms with E-state index < -0.39 is 40.7 Å². The van der Waals surface area contributed by atoms with Crippen LogP contribution in [0.2, 0.25) is 0 Å². The molecule has 2 fully saturated rings. The van der Waals surface area contributed by atoms with E-state index in [0.29, 0.717) is 13.1 Å². The number of piperazine rings is 1. The SMILES string of the molecule is O=S1(=O)CC[C@H](S(=O)(=O)c2cccc(S(=O)(=O)N3CCN(c4ccccn4)CC3)c2)C1. The molecule has 0 N–H and O–H groups in total. The summed E-state index contributed by atoms with van der Waals surface area (Å²) in [5.74, 6) is 0.177. The van der Waals surface area contributed by atoms with Gasteiger partial charge >= 0.3 is 0 Å². The molecule has 1 aromatic carbocycles. The van der Waals surface area contributed by atoms with E-state index in [1.165, 1.54) is 22.5 Å². The summed E-state index contributed by atoms with van der Waals surface area (Å²) in [6.45, 7) is 1.43. The molecule has 4 rings (SSSR count). The van der Waals surface area contributed by atoms with Gasteiger partial charge in [0.05, 0.1) is 26.5 Å². The smallest absolute Gasteiger partial charge is 0.243 e. The Morgan fingerprint density at radius 3 is 2.23 bits per heavy atom. The van der Waals surface area contributed by atoms with Crippen LogP contribution in [-0.2, 0) is 29.7 Å². The Morgan fingerprint density at radius 2 is 1.61 bits per heavy atom. The van der Waals surface area contributed by atoms with Gasteiger partial charge in [-0.1, -0.05) is 12.1 Å². The first-order chi connectivity index (χ1) is 14.6. The molecule has 12 heteroatoms. The molecule has 2 aromatic rings. The van der Waals surface area contributed by atoms with Crippen LogP contribution >= 0.6 is 0 Å². The highest BCUT2D eigenvalue weighted by Gasteiger charge is 2.38. The van der Waals surface area contributed by atoms with Crippen LogP contribution in [-0.4, -0.2) is 77.5 Å². The van der Waals surface area contributed by atoms with Crippen molar-refractivity contribution in [2.24, 2.45) is 0 Å². The van der Waals surface area contributed by atoms with Crippen LogP contribution in [0.5, 0.6) is 0 Å². The highest BCUT2D eigenvalue weighted by molar-refractivity contribution is 7.96. The Balaban J connectivity index is 1.53. The third kappa shape index (κ3) is 4.47. The Morgan fingerprint density at radius 1 is 0.903 bits per heavy atom. The summed E-state index contributed by atoms with van der Waals surface area (Å²) in [6.07, 6.45) is 1.71. The van der Waals surface area contributed by atoms with Crippen molar-refractivity contribution in [3.05, 3.63) is 48.7 Å². The molecule has 2 saturated heterocycles. The molecule has 31 heavy (non-hydrogen) atoms. The minimum Gasteiger partial charge on any atom is -0.354 e. The van der Waals surface area contributed by atoms with E-state index in [2.05, 4.69) is 4.98 Å². The van der Waals surface area contributed by atoms with E-state index in [1.807, 2.05) is 23.1 Å². The fraction of sp³-hybridized carbons (Fsp3) is 0.421. The molecule has 0 radical (unpaired) electrons. The zero-order valence-corrected chi connectivity index (χ0v) is 19.1. The number of pyridine rings is 1. The van der Waals surface area contributed by atoms with Crippen molar-refractivity contribution >= 4 is 35.5 Å². The molecule has 1 atom stereocenters. The summed E-state index contributed by atoms with van der Waals surface area (Å²) in [5, 5.41) is -1.04. The number of hydrogen-bond acceptors (Lipinski definition) is 8. The zero-order valence-electron chi connectivity index (χ0n) is 16.7. The van der Waals surface area contributed by atoms with Crippen LogP contribution in [0.4, 0.5) is 5.82 Å². The first kappa shape index (κ1) is 22.2. The molecule has 1 aromatic heterocycles. The van der Waals surface area contributed by atoms with E-state index in [-0.39, 0.29) is 35.1 Å². The summed E-state index contributed by atoms with van der Waals surface area (Å²) in [5.41, 5.74) is 0. The molecule has 0 spiro atoms. The number of nitrogens with zero attached hydrogens (tertiary/aromatic N) is 3. The number of anilines is 1. The second-order valence-corrected chi connectivity index (χ2v) is 14.0. The third-order valence-electron chi connectivity index (χ3n) is 5.61. The lowest BCUT2D eigenvalue weighted by Crippen LogP contribution is -2.48. The normalized spacial score (nSPS) is 22.5. The van der Waals surface area contributed by atoms with Crippen LogP contribution in [0.1, 0.15) is 6.42 Å². The maximum Gasteiger partial charge on any atom is 0.243 e. The molecule has 168 valence electrons. The fourth-order valence-electron chi connectivity index (χ4n) is 3.86. The highest BCUT2D eigenvalue weighted by Crippen LogP contribution is 2.28. The fourth-order valence-corrected chi connectivity index (χ4v) is 9.80. The van der Waals surface area contributed by atoms with Crippen LogP contribution in [0, 0.1) is 0 Å². The molecule has 0 saturated carbocycles. The lowest BCUT2D eigenvalue weighted by Gasteiger charge is -2.34. The van der Waals surface area contributed by atoms with Crippen molar-refractivity contribution in [3.63, 3.8) is 0 Å². The standard InChI is InChI=1S/C19H23N3O6S3/c23-29(24)13-7-18(15-29)30(25,26)16-4-3-5-17(14-16)31(27,28)22-11-9-21(10-12-22)19-6-1-2-8-20-19/h1-6,8,14,18H,7,9-13,15H2/t18-/m0/s1. The summed E-state index contributed by atoms with van der Waals surface area (Å²) < 4.78 is 76.8. The maximum atomic E-state index is 13.1. The van der Waals surface area contributed by atoms with Gasteiger partial charge in [-0.2, -0.15) is 4.31 Å². The largest absolute Gasteiger partial charge is 0.354 e. The third-order valence-corrected chi connectivity index (χ3v) is 11.7. The molecule has 0 aliphatic carbocycles. The van der Waals surface area contributed by atoms with Crippen molar-refractivity contribution < 1.29 is 25.3 Å². The summed E-state index contributed by atoms with van der Waals surface area (Å²) in [7, 11) is -11.2. The number of rotatable bonds is 5. The van der Waals surface area contributed by atoms with Crippen molar-refractivity contribution in [1.82, 2.24) is 9.29 Å². The van der Waals surface area contributed by atoms with Crippen molar-refractivity contribution in [1.29, 1.82) is 0 Å². The van der Waals surface area contributed by atoms with E-state index >= 15 is 0 Å². The first-order valence-electron chi connectivity index (χ1n) is 9.80. The first-order valence-corrected chi connectivity index (χ1v) is 14.6. The molecule has 0 bridgehead atoms. The number of benzene rings is 1. The Bertz CT molecular complexity index is 1270. The van der Waals surface area contributed by atoms with Gasteiger partial charge < -0.3 is 4.90 Å². The summed E-state index contributed by atoms with van der Waals surface area (Å²) >= 11 is 0. The zero-order chi connectivity index (χ0) is 22.3. The topological polar surface area (TPSA) is 122 Å². The second-order valence-electron chi connectivity index (χ2n) is 7.62. The van der Waals surface area contributed by atoms with E-state index in [4.69, 9.17) is 0 Å². The second kappa shape index (κ2) is 8.15. The quantitative estimate of drug-likeness (QED) is 0.602. The Labute approximate surface area is 182 Å². The lowest BCUT2D eigenvalue weighted by molar-refractivity contribution is 0.383. The Kier molecular flexibility index (Phi) is 5.83. The molecule has 2 aliphatic heterocycles. The summed E-state index contributed by atoms with van der Waals surface area (Å²) in [4.78, 5) is 6.00. The van der Waals surface area contributed by atoms with Gasteiger partial charge in [0.1, 0.15) is 5.82 Å². The lowest BCUT2D eigenvalue weighted by atomic mass is 10.3. The van der Waals surface area contributed by atoms with Crippen LogP contribution in [0.25, 0.3) is 0 Å². The molecular formula is C19H23N3O6S3. The molecule has 0 amide bonds. The average molecular weight is 486 g/mol. The van der Waals surface area contributed by atoms with E-state index in [0.717, 1.165) is 11.9 Å². The van der Waals surface area contributed by atoms with Crippen LogP contribution < -0.4 is 4.90 Å². The molecule has 0 unspecified atom stereocenters. The monoisotopic (exact) mass is 485 g/mol. The van der Waals surface area contributed by atoms with Gasteiger partial charge in [0, 0.05) is 32.4 Å². The van der Waals surface area contributed by atoms with Crippen molar-refractivity contribution in [2.75, 3.05) is 42.6 Å². The molecular weight excluding hydrogens is 462 g/mol. The minimum atomic E-state index is -3.95. The molecule has 9 nitrogen and oxygen atoms in total. The number of sulfonamides is 1. The highest BCUT2D eigenvalue weighted by atomic mass is 32.2. The van der Waals surface area contributed by atoms with E-state index in [9.17, 15) is 25.3 Å². The minimum absolute atomic E-state index is 0.0249. The maximum absolute atomic E-state index is 13.1.